The molecule has 1 saturated heterocycles. The van der Waals surface area contributed by atoms with E-state index in [-0.39, 0.29) is 28.7 Å². The third kappa shape index (κ3) is 11.3. The second kappa shape index (κ2) is 16.6. The molecule has 3 rings (SSSR count). The summed E-state index contributed by atoms with van der Waals surface area (Å²) in [6.07, 6.45) is 6.95. The molecule has 7 N–H and O–H groups in total. The van der Waals surface area contributed by atoms with Crippen LogP contribution in [0.5, 0.6) is 0 Å². The number of aliphatic hydroxyl groups excluding tert-OH is 2. The Morgan fingerprint density at radius 2 is 1.63 bits per heavy atom. The number of hydrogen-bond acceptors (Lipinski definition) is 9. The highest BCUT2D eigenvalue weighted by molar-refractivity contribution is 7.72. The number of imidazole rings is 1. The van der Waals surface area contributed by atoms with Crippen LogP contribution in [-0.2, 0) is 13.9 Å². The van der Waals surface area contributed by atoms with Gasteiger partial charge in [0.1, 0.15) is 18.1 Å². The zero-order valence-electron chi connectivity index (χ0n) is 24.2. The van der Waals surface area contributed by atoms with Crippen molar-refractivity contribution in [3.05, 3.63) is 11.6 Å². The van der Waals surface area contributed by atoms with Gasteiger partial charge in [0, 0.05) is 12.7 Å². The highest BCUT2D eigenvalue weighted by Crippen LogP contribution is 2.55. The Kier molecular flexibility index (Phi) is 13.8. The largest absolute Gasteiger partial charge is 0.388 e. The molecule has 244 valence electrons. The Morgan fingerprint density at radius 3 is 2.26 bits per heavy atom. The van der Waals surface area contributed by atoms with Crippen molar-refractivity contribution in [2.24, 2.45) is 0 Å². The molecule has 0 aromatic carbocycles. The first-order valence-electron chi connectivity index (χ1n) is 14.6. The number of halogens is 1. The number of fused-ring (bicyclic) bond motifs is 1. The first-order chi connectivity index (χ1) is 20.3. The Bertz CT molecular complexity index is 1300. The van der Waals surface area contributed by atoms with Gasteiger partial charge >= 0.3 is 13.6 Å². The van der Waals surface area contributed by atoms with Crippen LogP contribution in [0.15, 0.2) is 6.33 Å². The molecule has 0 spiro atoms. The van der Waals surface area contributed by atoms with Gasteiger partial charge in [-0.25, -0.2) is 9.78 Å². The van der Waals surface area contributed by atoms with Crippen molar-refractivity contribution in [2.75, 3.05) is 23.9 Å². The molecule has 0 saturated carbocycles. The number of carbonyl (C=O) groups is 1. The van der Waals surface area contributed by atoms with E-state index >= 15 is 0 Å². The minimum absolute atomic E-state index is 0.0255. The van der Waals surface area contributed by atoms with Crippen LogP contribution in [0.3, 0.4) is 0 Å². The molecule has 0 aliphatic carbocycles. The van der Waals surface area contributed by atoms with E-state index in [0.29, 0.717) is 6.54 Å². The minimum atomic E-state index is -4.73. The van der Waals surface area contributed by atoms with Gasteiger partial charge < -0.3 is 34.9 Å². The van der Waals surface area contributed by atoms with Crippen LogP contribution in [0.1, 0.15) is 83.8 Å². The van der Waals surface area contributed by atoms with Crippen LogP contribution in [0.2, 0.25) is 5.28 Å². The summed E-state index contributed by atoms with van der Waals surface area (Å²) in [6.45, 7) is 2.69. The molecule has 0 bridgehead atoms. The average Bonchev–Trinajstić information content (AvgIpc) is 3.45. The number of amides is 2. The molecule has 2 unspecified atom stereocenters. The van der Waals surface area contributed by atoms with Crippen molar-refractivity contribution in [1.82, 2.24) is 24.8 Å². The third-order valence-corrected chi connectivity index (χ3v) is 11.6. The Morgan fingerprint density at radius 1 is 1.00 bits per heavy atom. The maximum Gasteiger partial charge on any atom is 0.335 e. The maximum absolute atomic E-state index is 12.5. The Hall–Kier alpha value is -1.67. The van der Waals surface area contributed by atoms with Gasteiger partial charge in [-0.1, -0.05) is 64.7 Å². The SMILES string of the molecule is CCCCCCCCCCCCNC(=O)Nc1nc(Cl)nc2c1ncn2[C@@H]1O[C@H](CCP(=O)(O)CP(=O)(O)O)[C@H](O)C1O. The molecule has 2 aromatic rings. The lowest BCUT2D eigenvalue weighted by Gasteiger charge is -2.18. The molecular formula is C25H43ClN6O9P2. The molecule has 43 heavy (non-hydrogen) atoms. The van der Waals surface area contributed by atoms with E-state index in [4.69, 9.17) is 26.1 Å². The molecule has 0 radical (unpaired) electrons. The van der Waals surface area contributed by atoms with Gasteiger partial charge in [-0.15, -0.1) is 0 Å². The van der Waals surface area contributed by atoms with E-state index in [1.54, 1.807) is 0 Å². The fourth-order valence-electron chi connectivity index (χ4n) is 5.01. The number of nitrogens with zero attached hydrogens (tertiary/aromatic N) is 4. The predicted molar refractivity (Wildman–Crippen MR) is 161 cm³/mol. The maximum atomic E-state index is 12.5. The van der Waals surface area contributed by atoms with E-state index < -0.39 is 57.6 Å². The molecule has 1 fully saturated rings. The first-order valence-corrected chi connectivity index (χ1v) is 18.8. The minimum Gasteiger partial charge on any atom is -0.388 e. The summed E-state index contributed by atoms with van der Waals surface area (Å²) < 4.78 is 30.3. The van der Waals surface area contributed by atoms with Crippen LogP contribution in [-0.4, -0.2) is 87.4 Å². The van der Waals surface area contributed by atoms with Crippen LogP contribution in [0, 0.1) is 0 Å². The number of anilines is 1. The van der Waals surface area contributed by atoms with Crippen molar-refractivity contribution in [1.29, 1.82) is 0 Å². The van der Waals surface area contributed by atoms with E-state index in [2.05, 4.69) is 32.5 Å². The lowest BCUT2D eigenvalue weighted by Crippen LogP contribution is -2.32. The van der Waals surface area contributed by atoms with Crippen LogP contribution in [0.4, 0.5) is 10.6 Å². The Labute approximate surface area is 255 Å². The van der Waals surface area contributed by atoms with Gasteiger partial charge in [0.05, 0.1) is 12.4 Å². The molecule has 2 amide bonds. The molecule has 15 nitrogen and oxygen atoms in total. The van der Waals surface area contributed by atoms with Crippen molar-refractivity contribution in [2.45, 2.75) is 102 Å². The van der Waals surface area contributed by atoms with E-state index in [1.165, 1.54) is 55.8 Å². The summed E-state index contributed by atoms with van der Waals surface area (Å²) in [5.41, 5.74) is 0.241. The quantitative estimate of drug-likeness (QED) is 0.0680. The van der Waals surface area contributed by atoms with Gasteiger partial charge in [0.15, 0.2) is 23.2 Å². The molecule has 18 heteroatoms. The summed E-state index contributed by atoms with van der Waals surface area (Å²) >= 11 is 6.10. The lowest BCUT2D eigenvalue weighted by molar-refractivity contribution is -0.0354. The fourth-order valence-corrected chi connectivity index (χ4v) is 8.71. The first kappa shape index (κ1) is 35.8. The molecule has 1 aliphatic rings. The molecule has 3 heterocycles. The van der Waals surface area contributed by atoms with E-state index in [0.717, 1.165) is 19.3 Å². The van der Waals surface area contributed by atoms with Crippen molar-refractivity contribution < 1.29 is 43.6 Å². The zero-order valence-corrected chi connectivity index (χ0v) is 26.8. The summed E-state index contributed by atoms with van der Waals surface area (Å²) in [4.78, 5) is 52.9. The van der Waals surface area contributed by atoms with Gasteiger partial charge in [-0.3, -0.25) is 19.0 Å². The highest BCUT2D eigenvalue weighted by Gasteiger charge is 2.45. The predicted octanol–water partition coefficient (Wildman–Crippen LogP) is 3.94. The highest BCUT2D eigenvalue weighted by atomic mass is 35.5. The van der Waals surface area contributed by atoms with E-state index in [1.807, 2.05) is 0 Å². The van der Waals surface area contributed by atoms with Crippen LogP contribution >= 0.6 is 26.6 Å². The number of nitrogens with one attached hydrogen (secondary N) is 2. The number of rotatable bonds is 18. The number of ether oxygens (including phenoxy) is 1. The van der Waals surface area contributed by atoms with Gasteiger partial charge in [-0.05, 0) is 24.4 Å². The standard InChI is InChI=1S/C25H43ClN6O9P2/c1-2-3-4-5-6-7-8-9-10-11-13-27-25(35)30-21-18-22(31-24(26)29-21)32(15-28-18)23-20(34)19(33)17(41-23)12-14-42(36,37)16-43(38,39)40/h15,17,19-20,23,33-34H,2-14,16H2,1H3,(H,36,37)(H2,38,39,40)(H2,27,29,30,31,35)/t17-,19+,20?,23-/m1/s1. The van der Waals surface area contributed by atoms with Gasteiger partial charge in [0.25, 0.3) is 0 Å². The monoisotopic (exact) mass is 668 g/mol. The zero-order chi connectivity index (χ0) is 31.6. The lowest BCUT2D eigenvalue weighted by atomic mass is 10.1. The molecule has 2 aromatic heterocycles. The summed E-state index contributed by atoms with van der Waals surface area (Å²) in [7, 11) is -8.95. The molecule has 1 aliphatic heterocycles. The smallest absolute Gasteiger partial charge is 0.335 e. The van der Waals surface area contributed by atoms with E-state index in [9.17, 15) is 29.0 Å². The number of urea groups is 1. The number of unbranched alkanes of at least 4 members (excludes halogenated alkanes) is 9. The third-order valence-electron chi connectivity index (χ3n) is 7.22. The number of aliphatic hydroxyl groups is 2. The van der Waals surface area contributed by atoms with Crippen molar-refractivity contribution in [3.63, 3.8) is 0 Å². The summed E-state index contributed by atoms with van der Waals surface area (Å²) in [6, 6.07) is -0.502. The number of hydrogen-bond donors (Lipinski definition) is 7. The van der Waals surface area contributed by atoms with Gasteiger partial charge in [0.2, 0.25) is 12.7 Å². The number of carbonyl (C=O) groups excluding carboxylic acids is 1. The Balaban J connectivity index is 1.53. The molecular weight excluding hydrogens is 626 g/mol. The second-order valence-electron chi connectivity index (χ2n) is 10.9. The summed E-state index contributed by atoms with van der Waals surface area (Å²) in [5, 5.41) is 26.3. The van der Waals surface area contributed by atoms with Crippen LogP contribution < -0.4 is 10.6 Å². The molecule has 5 atom stereocenters. The van der Waals surface area contributed by atoms with Crippen LogP contribution in [0.25, 0.3) is 11.2 Å². The normalized spacial score (nSPS) is 22.1. The fraction of sp³-hybridized carbons (Fsp3) is 0.760. The topological polar surface area (TPSA) is 229 Å². The van der Waals surface area contributed by atoms with Crippen molar-refractivity contribution in [3.8, 4) is 0 Å². The van der Waals surface area contributed by atoms with Gasteiger partial charge in [-0.2, -0.15) is 9.97 Å². The number of aromatic nitrogens is 4. The second-order valence-corrected chi connectivity index (χ2v) is 15.9. The van der Waals surface area contributed by atoms with Crippen molar-refractivity contribution >= 4 is 49.6 Å². The summed E-state index contributed by atoms with van der Waals surface area (Å²) in [5.74, 6) is -1.17. The average molecular weight is 669 g/mol.